The Kier molecular flexibility index (Phi) is 3.61. The van der Waals surface area contributed by atoms with Crippen molar-refractivity contribution < 1.29 is 14.7 Å². The number of carbonyl (C=O) groups is 2. The molecule has 0 unspecified atom stereocenters. The van der Waals surface area contributed by atoms with Crippen LogP contribution in [-0.2, 0) is 0 Å². The van der Waals surface area contributed by atoms with E-state index in [0.29, 0.717) is 6.54 Å². The summed E-state index contributed by atoms with van der Waals surface area (Å²) in [4.78, 5) is 23.0. The average Bonchev–Trinajstić information content (AvgIpc) is 3.16. The molecule has 0 saturated heterocycles. The highest BCUT2D eigenvalue weighted by Gasteiger charge is 2.42. The first-order chi connectivity index (χ1) is 8.58. The minimum absolute atomic E-state index is 0.0454. The van der Waals surface area contributed by atoms with Crippen molar-refractivity contribution in [3.8, 4) is 0 Å². The third-order valence-electron chi connectivity index (χ3n) is 3.21. The predicted molar refractivity (Wildman–Crippen MR) is 71.2 cm³/mol. The fourth-order valence-electron chi connectivity index (χ4n) is 1.80. The van der Waals surface area contributed by atoms with E-state index < -0.39 is 5.97 Å². The van der Waals surface area contributed by atoms with Gasteiger partial charge in [0.25, 0.3) is 5.91 Å². The number of carbonyl (C=O) groups excluding carboxylic acids is 1. The van der Waals surface area contributed by atoms with Crippen molar-refractivity contribution in [2.45, 2.75) is 17.6 Å². The molecule has 2 rings (SSSR count). The Bertz CT molecular complexity index is 483. The van der Waals surface area contributed by atoms with E-state index in [-0.39, 0.29) is 21.8 Å². The van der Waals surface area contributed by atoms with E-state index in [1.54, 1.807) is 23.9 Å². The van der Waals surface area contributed by atoms with Crippen molar-refractivity contribution in [2.24, 2.45) is 0 Å². The molecule has 5 heteroatoms. The zero-order valence-electron chi connectivity index (χ0n) is 10.1. The smallest absolute Gasteiger partial charge is 0.336 e. The Morgan fingerprint density at radius 1 is 1.33 bits per heavy atom. The van der Waals surface area contributed by atoms with Gasteiger partial charge in [0.05, 0.1) is 11.1 Å². The Hall–Kier alpha value is -1.49. The van der Waals surface area contributed by atoms with Crippen LogP contribution in [0.2, 0.25) is 0 Å². The molecule has 0 atom stereocenters. The van der Waals surface area contributed by atoms with E-state index in [1.165, 1.54) is 12.1 Å². The van der Waals surface area contributed by atoms with Gasteiger partial charge >= 0.3 is 5.97 Å². The Balaban J connectivity index is 2.07. The van der Waals surface area contributed by atoms with Gasteiger partial charge < -0.3 is 10.4 Å². The van der Waals surface area contributed by atoms with Crippen LogP contribution in [0.25, 0.3) is 0 Å². The summed E-state index contributed by atoms with van der Waals surface area (Å²) in [5.41, 5.74) is 0.269. The Labute approximate surface area is 110 Å². The lowest BCUT2D eigenvalue weighted by Crippen LogP contribution is -2.32. The van der Waals surface area contributed by atoms with Crippen molar-refractivity contribution in [1.29, 1.82) is 0 Å². The number of hydrogen-bond donors (Lipinski definition) is 2. The van der Waals surface area contributed by atoms with Gasteiger partial charge in [0.2, 0.25) is 0 Å². The SMILES string of the molecule is CSC1(CNC(=O)c2ccccc2C(=O)O)CC1. The number of hydrogen-bond acceptors (Lipinski definition) is 3. The van der Waals surface area contributed by atoms with Crippen molar-refractivity contribution >= 4 is 23.6 Å². The highest BCUT2D eigenvalue weighted by molar-refractivity contribution is 8.00. The highest BCUT2D eigenvalue weighted by Crippen LogP contribution is 2.46. The second kappa shape index (κ2) is 5.02. The zero-order valence-corrected chi connectivity index (χ0v) is 10.9. The lowest BCUT2D eigenvalue weighted by molar-refractivity contribution is 0.0691. The largest absolute Gasteiger partial charge is 0.478 e. The fourth-order valence-corrected chi connectivity index (χ4v) is 2.52. The van der Waals surface area contributed by atoms with Crippen LogP contribution in [0.3, 0.4) is 0 Å². The van der Waals surface area contributed by atoms with Gasteiger partial charge in [-0.3, -0.25) is 4.79 Å². The molecule has 0 bridgehead atoms. The summed E-state index contributed by atoms with van der Waals surface area (Å²) >= 11 is 1.75. The molecule has 18 heavy (non-hydrogen) atoms. The van der Waals surface area contributed by atoms with Crippen molar-refractivity contribution in [3.63, 3.8) is 0 Å². The molecule has 1 aromatic rings. The van der Waals surface area contributed by atoms with Gasteiger partial charge in [0, 0.05) is 11.3 Å². The molecule has 0 aromatic heterocycles. The summed E-state index contributed by atoms with van der Waals surface area (Å²) in [6.45, 7) is 0.598. The number of nitrogens with one attached hydrogen (secondary N) is 1. The Morgan fingerprint density at radius 3 is 2.44 bits per heavy atom. The number of benzene rings is 1. The molecule has 0 heterocycles. The number of aromatic carboxylic acids is 1. The van der Waals surface area contributed by atoms with Crippen molar-refractivity contribution in [3.05, 3.63) is 35.4 Å². The van der Waals surface area contributed by atoms with Gasteiger partial charge in [0.1, 0.15) is 0 Å². The minimum atomic E-state index is -1.08. The predicted octanol–water partition coefficient (Wildman–Crippen LogP) is 2.01. The van der Waals surface area contributed by atoms with Crippen LogP contribution in [0.4, 0.5) is 0 Å². The molecule has 0 aliphatic heterocycles. The zero-order chi connectivity index (χ0) is 13.2. The van der Waals surface area contributed by atoms with Gasteiger partial charge in [0.15, 0.2) is 0 Å². The van der Waals surface area contributed by atoms with E-state index in [2.05, 4.69) is 5.32 Å². The van der Waals surface area contributed by atoms with Crippen LogP contribution in [-0.4, -0.2) is 34.5 Å². The van der Waals surface area contributed by atoms with Crippen LogP contribution in [0, 0.1) is 0 Å². The molecule has 0 radical (unpaired) electrons. The number of thioether (sulfide) groups is 1. The normalized spacial score (nSPS) is 16.1. The summed E-state index contributed by atoms with van der Waals surface area (Å²) in [7, 11) is 0. The summed E-state index contributed by atoms with van der Waals surface area (Å²) in [5.74, 6) is -1.39. The van der Waals surface area contributed by atoms with Crippen molar-refractivity contribution in [2.75, 3.05) is 12.8 Å². The first-order valence-corrected chi connectivity index (χ1v) is 6.96. The topological polar surface area (TPSA) is 66.4 Å². The third-order valence-corrected chi connectivity index (χ3v) is 4.63. The second-order valence-electron chi connectivity index (χ2n) is 4.42. The van der Waals surface area contributed by atoms with E-state index in [0.717, 1.165) is 12.8 Å². The number of rotatable bonds is 5. The third kappa shape index (κ3) is 2.67. The molecule has 2 N–H and O–H groups in total. The van der Waals surface area contributed by atoms with E-state index in [1.807, 2.05) is 6.26 Å². The lowest BCUT2D eigenvalue weighted by atomic mass is 10.1. The van der Waals surface area contributed by atoms with Crippen LogP contribution in [0.5, 0.6) is 0 Å². The molecule has 4 nitrogen and oxygen atoms in total. The van der Waals surface area contributed by atoms with E-state index >= 15 is 0 Å². The minimum Gasteiger partial charge on any atom is -0.478 e. The van der Waals surface area contributed by atoms with Gasteiger partial charge in [-0.05, 0) is 31.2 Å². The van der Waals surface area contributed by atoms with Crippen LogP contribution in [0.1, 0.15) is 33.6 Å². The molecule has 1 aromatic carbocycles. The number of amides is 1. The molecule has 1 aliphatic carbocycles. The van der Waals surface area contributed by atoms with Crippen LogP contribution < -0.4 is 5.32 Å². The maximum atomic E-state index is 12.0. The lowest BCUT2D eigenvalue weighted by Gasteiger charge is -2.13. The molecular formula is C13H15NO3S. The number of carboxylic acid groups (broad SMARTS) is 1. The van der Waals surface area contributed by atoms with Gasteiger partial charge in [-0.25, -0.2) is 4.79 Å². The van der Waals surface area contributed by atoms with Gasteiger partial charge in [-0.1, -0.05) is 12.1 Å². The van der Waals surface area contributed by atoms with Crippen LogP contribution >= 0.6 is 11.8 Å². The first kappa shape index (κ1) is 13.0. The molecule has 1 amide bonds. The van der Waals surface area contributed by atoms with E-state index in [9.17, 15) is 9.59 Å². The molecule has 1 fully saturated rings. The molecular weight excluding hydrogens is 250 g/mol. The average molecular weight is 265 g/mol. The summed E-state index contributed by atoms with van der Waals surface area (Å²) in [6, 6.07) is 6.27. The van der Waals surface area contributed by atoms with Gasteiger partial charge in [-0.15, -0.1) is 0 Å². The monoisotopic (exact) mass is 265 g/mol. The maximum absolute atomic E-state index is 12.0. The molecule has 1 saturated carbocycles. The van der Waals surface area contributed by atoms with Crippen LogP contribution in [0.15, 0.2) is 24.3 Å². The summed E-state index contributed by atoms with van der Waals surface area (Å²) < 4.78 is 0.174. The van der Waals surface area contributed by atoms with Gasteiger partial charge in [-0.2, -0.15) is 11.8 Å². The summed E-state index contributed by atoms with van der Waals surface area (Å²) in [6.07, 6.45) is 4.24. The molecule has 0 spiro atoms. The fraction of sp³-hybridized carbons (Fsp3) is 0.385. The standard InChI is InChI=1S/C13H15NO3S/c1-18-13(6-7-13)8-14-11(15)9-4-2-3-5-10(9)12(16)17/h2-5H,6-8H2,1H3,(H,14,15)(H,16,17). The summed E-state index contributed by atoms with van der Waals surface area (Å²) in [5, 5.41) is 11.8. The van der Waals surface area contributed by atoms with E-state index in [4.69, 9.17) is 5.11 Å². The first-order valence-electron chi connectivity index (χ1n) is 5.74. The van der Waals surface area contributed by atoms with Crippen molar-refractivity contribution in [1.82, 2.24) is 5.32 Å². The molecule has 1 aliphatic rings. The number of carboxylic acids is 1. The maximum Gasteiger partial charge on any atom is 0.336 e. The highest BCUT2D eigenvalue weighted by atomic mass is 32.2. The quantitative estimate of drug-likeness (QED) is 0.854. The molecule has 96 valence electrons. The Morgan fingerprint density at radius 2 is 1.94 bits per heavy atom. The second-order valence-corrected chi connectivity index (χ2v) is 5.69.